The monoisotopic (exact) mass is 295 g/mol. The molecule has 2 heterocycles. The Labute approximate surface area is 120 Å². The maximum Gasteiger partial charge on any atom is 0.320 e. The molecule has 20 heavy (non-hydrogen) atoms. The van der Waals surface area contributed by atoms with Crippen LogP contribution in [-0.4, -0.2) is 38.4 Å². The van der Waals surface area contributed by atoms with Crippen LogP contribution in [0.25, 0.3) is 5.65 Å². The second kappa shape index (κ2) is 5.60. The summed E-state index contributed by atoms with van der Waals surface area (Å²) in [4.78, 5) is 28.8. The first-order valence-corrected chi connectivity index (χ1v) is 6.37. The summed E-state index contributed by atoms with van der Waals surface area (Å²) < 4.78 is 1.35. The molecule has 0 bridgehead atoms. The maximum absolute atomic E-state index is 12.0. The van der Waals surface area contributed by atoms with Gasteiger partial charge in [0.15, 0.2) is 0 Å². The highest BCUT2D eigenvalue weighted by Gasteiger charge is 2.17. The number of hydrogen-bond donors (Lipinski definition) is 1. The van der Waals surface area contributed by atoms with Crippen molar-refractivity contribution in [2.75, 3.05) is 7.05 Å². The minimum absolute atomic E-state index is 0.246. The first kappa shape index (κ1) is 14.5. The summed E-state index contributed by atoms with van der Waals surface area (Å²) in [6.07, 6.45) is 1.50. The fourth-order valence-electron chi connectivity index (χ4n) is 1.79. The smallest absolute Gasteiger partial charge is 0.320 e. The van der Waals surface area contributed by atoms with E-state index in [1.54, 1.807) is 31.0 Å². The van der Waals surface area contributed by atoms with Gasteiger partial charge in [0.1, 0.15) is 11.7 Å². The molecule has 1 N–H and O–H groups in total. The van der Waals surface area contributed by atoms with E-state index in [1.165, 1.54) is 16.7 Å². The molecule has 0 aliphatic carbocycles. The predicted molar refractivity (Wildman–Crippen MR) is 75.0 cm³/mol. The van der Waals surface area contributed by atoms with E-state index in [2.05, 4.69) is 4.98 Å². The van der Waals surface area contributed by atoms with Crippen molar-refractivity contribution in [3.63, 3.8) is 0 Å². The number of carboxylic acids is 1. The van der Waals surface area contributed by atoms with Gasteiger partial charge in [0.2, 0.25) is 0 Å². The molecule has 7 heteroatoms. The van der Waals surface area contributed by atoms with Gasteiger partial charge in [-0.2, -0.15) is 0 Å². The summed E-state index contributed by atoms with van der Waals surface area (Å²) >= 11 is 5.83. The summed E-state index contributed by atoms with van der Waals surface area (Å²) in [5.41, 5.74) is 0.755. The van der Waals surface area contributed by atoms with Crippen LogP contribution in [0.2, 0.25) is 5.02 Å². The number of pyridine rings is 1. The molecule has 1 atom stereocenters. The zero-order valence-corrected chi connectivity index (χ0v) is 11.8. The number of likely N-dealkylation sites (N-methyl/N-ethyl adjacent to an activating group) is 1. The Kier molecular flexibility index (Phi) is 4.06. The number of aliphatic carboxylic acids is 1. The van der Waals surface area contributed by atoms with Crippen LogP contribution in [0.15, 0.2) is 29.2 Å². The van der Waals surface area contributed by atoms with Crippen molar-refractivity contribution >= 4 is 23.2 Å². The fraction of sp³-hybridized carbons (Fsp3) is 0.308. The third kappa shape index (κ3) is 2.97. The van der Waals surface area contributed by atoms with Gasteiger partial charge >= 0.3 is 5.97 Å². The highest BCUT2D eigenvalue weighted by Crippen LogP contribution is 2.09. The van der Waals surface area contributed by atoms with Crippen LogP contribution in [0.1, 0.15) is 12.6 Å². The second-order valence-electron chi connectivity index (χ2n) is 4.59. The summed E-state index contributed by atoms with van der Waals surface area (Å²) in [5.74, 6) is -0.920. The van der Waals surface area contributed by atoms with Gasteiger partial charge in [-0.15, -0.1) is 0 Å². The van der Waals surface area contributed by atoms with Gasteiger partial charge in [-0.3, -0.25) is 18.9 Å². The Balaban J connectivity index is 2.35. The molecule has 0 spiro atoms. The average Bonchev–Trinajstić information content (AvgIpc) is 2.38. The zero-order valence-electron chi connectivity index (χ0n) is 11.1. The number of aromatic nitrogens is 2. The lowest BCUT2D eigenvalue weighted by atomic mass is 10.2. The minimum Gasteiger partial charge on any atom is -0.480 e. The predicted octanol–water partition coefficient (Wildman–Crippen LogP) is 1.25. The van der Waals surface area contributed by atoms with E-state index in [0.717, 1.165) is 0 Å². The summed E-state index contributed by atoms with van der Waals surface area (Å²) in [7, 11) is 1.67. The van der Waals surface area contributed by atoms with Crippen LogP contribution in [0, 0.1) is 0 Å². The molecule has 6 nitrogen and oxygen atoms in total. The molecule has 0 aliphatic heterocycles. The number of carbonyl (C=O) groups is 1. The largest absolute Gasteiger partial charge is 0.480 e. The molecule has 0 aliphatic rings. The van der Waals surface area contributed by atoms with E-state index in [4.69, 9.17) is 16.7 Å². The van der Waals surface area contributed by atoms with Crippen molar-refractivity contribution in [2.24, 2.45) is 0 Å². The van der Waals surface area contributed by atoms with Crippen molar-refractivity contribution < 1.29 is 9.90 Å². The average molecular weight is 296 g/mol. The molecule has 0 saturated carbocycles. The van der Waals surface area contributed by atoms with Gasteiger partial charge in [-0.25, -0.2) is 4.98 Å². The molecule has 0 saturated heterocycles. The second-order valence-corrected chi connectivity index (χ2v) is 5.03. The number of rotatable bonds is 4. The normalized spacial score (nSPS) is 12.8. The van der Waals surface area contributed by atoms with E-state index >= 15 is 0 Å². The van der Waals surface area contributed by atoms with Crippen LogP contribution in [0.5, 0.6) is 0 Å². The molecule has 0 radical (unpaired) electrons. The van der Waals surface area contributed by atoms with Gasteiger partial charge in [-0.1, -0.05) is 11.6 Å². The fourth-order valence-corrected chi connectivity index (χ4v) is 1.95. The highest BCUT2D eigenvalue weighted by atomic mass is 35.5. The van der Waals surface area contributed by atoms with Crippen LogP contribution < -0.4 is 5.56 Å². The molecule has 1 unspecified atom stereocenters. The lowest BCUT2D eigenvalue weighted by Crippen LogP contribution is -2.35. The van der Waals surface area contributed by atoms with Crippen LogP contribution in [-0.2, 0) is 11.3 Å². The number of carboxylic acid groups (broad SMARTS) is 1. The first-order valence-electron chi connectivity index (χ1n) is 5.99. The molecule has 106 valence electrons. The van der Waals surface area contributed by atoms with Crippen molar-refractivity contribution in [1.82, 2.24) is 14.3 Å². The van der Waals surface area contributed by atoms with E-state index in [1.807, 2.05) is 0 Å². The molecule has 0 aromatic carbocycles. The molecule has 0 amide bonds. The number of hydrogen-bond acceptors (Lipinski definition) is 4. The first-order chi connectivity index (χ1) is 9.38. The van der Waals surface area contributed by atoms with Gasteiger partial charge in [0, 0.05) is 18.8 Å². The van der Waals surface area contributed by atoms with Gasteiger partial charge in [0.05, 0.1) is 10.7 Å². The Hall–Kier alpha value is -1.92. The molecule has 0 fully saturated rings. The highest BCUT2D eigenvalue weighted by molar-refractivity contribution is 6.30. The van der Waals surface area contributed by atoms with E-state index in [-0.39, 0.29) is 12.1 Å². The lowest BCUT2D eigenvalue weighted by Gasteiger charge is -2.20. The van der Waals surface area contributed by atoms with Gasteiger partial charge in [-0.05, 0) is 26.1 Å². The van der Waals surface area contributed by atoms with E-state index < -0.39 is 12.0 Å². The molecular formula is C13H14ClN3O3. The Morgan fingerprint density at radius 1 is 1.55 bits per heavy atom. The van der Waals surface area contributed by atoms with Crippen molar-refractivity contribution in [1.29, 1.82) is 0 Å². The quantitative estimate of drug-likeness (QED) is 0.919. The molecular weight excluding hydrogens is 282 g/mol. The Morgan fingerprint density at radius 2 is 2.25 bits per heavy atom. The van der Waals surface area contributed by atoms with Gasteiger partial charge in [0.25, 0.3) is 5.56 Å². The summed E-state index contributed by atoms with van der Waals surface area (Å²) in [6, 6.07) is 4.03. The summed E-state index contributed by atoms with van der Waals surface area (Å²) in [5, 5.41) is 9.39. The van der Waals surface area contributed by atoms with Crippen LogP contribution in [0.3, 0.4) is 0 Å². The maximum atomic E-state index is 12.0. The number of halogens is 1. The minimum atomic E-state index is -0.920. The van der Waals surface area contributed by atoms with Crippen molar-refractivity contribution in [3.05, 3.63) is 45.5 Å². The number of fused-ring (bicyclic) bond motifs is 1. The SMILES string of the molecule is CC(C(=O)O)N(C)Cc1cc(=O)n2cc(Cl)ccc2n1. The molecule has 2 aromatic heterocycles. The van der Waals surface area contributed by atoms with Gasteiger partial charge < -0.3 is 5.11 Å². The van der Waals surface area contributed by atoms with Crippen molar-refractivity contribution in [2.45, 2.75) is 19.5 Å². The molecule has 2 rings (SSSR count). The Bertz CT molecular complexity index is 714. The van der Waals surface area contributed by atoms with Crippen molar-refractivity contribution in [3.8, 4) is 0 Å². The standard InChI is InChI=1S/C13H14ClN3O3/c1-8(13(19)20)16(2)7-10-5-12(18)17-6-9(14)3-4-11(17)15-10/h3-6,8H,7H2,1-2H3,(H,19,20). The topological polar surface area (TPSA) is 74.9 Å². The third-order valence-corrected chi connectivity index (χ3v) is 3.33. The molecule has 2 aromatic rings. The van der Waals surface area contributed by atoms with E-state index in [9.17, 15) is 9.59 Å². The summed E-state index contributed by atoms with van der Waals surface area (Å²) in [6.45, 7) is 1.86. The lowest BCUT2D eigenvalue weighted by molar-refractivity contribution is -0.142. The zero-order chi connectivity index (χ0) is 14.9. The van der Waals surface area contributed by atoms with E-state index in [0.29, 0.717) is 16.4 Å². The Morgan fingerprint density at radius 3 is 2.90 bits per heavy atom. The van der Waals surface area contributed by atoms with Crippen LogP contribution in [0.4, 0.5) is 0 Å². The third-order valence-electron chi connectivity index (χ3n) is 3.11. The van der Waals surface area contributed by atoms with Crippen LogP contribution >= 0.6 is 11.6 Å². The number of nitrogens with zero attached hydrogens (tertiary/aromatic N) is 3.